The highest BCUT2D eigenvalue weighted by molar-refractivity contribution is 5.75. The Labute approximate surface area is 97.8 Å². The molecule has 1 N–H and O–H groups in total. The molecule has 16 heavy (non-hydrogen) atoms. The molecule has 1 unspecified atom stereocenters. The average molecular weight is 225 g/mol. The van der Waals surface area contributed by atoms with Gasteiger partial charge in [0, 0.05) is 13.1 Å². The summed E-state index contributed by atoms with van der Waals surface area (Å²) in [6.45, 7) is 5.12. The minimum atomic E-state index is -0.574. The van der Waals surface area contributed by atoms with Crippen molar-refractivity contribution in [3.8, 4) is 0 Å². The fourth-order valence-electron chi connectivity index (χ4n) is 3.01. The van der Waals surface area contributed by atoms with E-state index >= 15 is 0 Å². The van der Waals surface area contributed by atoms with E-state index in [4.69, 9.17) is 0 Å². The lowest BCUT2D eigenvalue weighted by Gasteiger charge is -2.40. The summed E-state index contributed by atoms with van der Waals surface area (Å²) in [6, 6.07) is 0. The lowest BCUT2D eigenvalue weighted by molar-refractivity contribution is -0.153. The molecule has 0 aromatic carbocycles. The zero-order valence-corrected chi connectivity index (χ0v) is 10.2. The Morgan fingerprint density at radius 3 is 2.81 bits per heavy atom. The minimum absolute atomic E-state index is 0.443. The maximum absolute atomic E-state index is 11.5. The maximum Gasteiger partial charge on any atom is 0.310 e. The van der Waals surface area contributed by atoms with Crippen LogP contribution in [0.1, 0.15) is 45.4 Å². The van der Waals surface area contributed by atoms with Crippen molar-refractivity contribution in [3.63, 3.8) is 0 Å². The Kier molecular flexibility index (Phi) is 3.53. The van der Waals surface area contributed by atoms with Crippen LogP contribution in [0.25, 0.3) is 0 Å². The van der Waals surface area contributed by atoms with Gasteiger partial charge in [0.25, 0.3) is 0 Å². The van der Waals surface area contributed by atoms with Crippen LogP contribution in [0.5, 0.6) is 0 Å². The third-order valence-electron chi connectivity index (χ3n) is 4.05. The van der Waals surface area contributed by atoms with Crippen molar-refractivity contribution in [1.29, 1.82) is 0 Å². The molecular weight excluding hydrogens is 202 g/mol. The van der Waals surface area contributed by atoms with Gasteiger partial charge in [-0.15, -0.1) is 0 Å². The summed E-state index contributed by atoms with van der Waals surface area (Å²) < 4.78 is 0. The quantitative estimate of drug-likeness (QED) is 0.781. The van der Waals surface area contributed by atoms with Crippen molar-refractivity contribution in [3.05, 3.63) is 0 Å². The van der Waals surface area contributed by atoms with Gasteiger partial charge in [-0.1, -0.05) is 13.3 Å². The lowest BCUT2D eigenvalue weighted by Crippen LogP contribution is -2.48. The zero-order valence-electron chi connectivity index (χ0n) is 10.2. The van der Waals surface area contributed by atoms with E-state index in [2.05, 4.69) is 11.8 Å². The van der Waals surface area contributed by atoms with Crippen LogP contribution in [0.15, 0.2) is 0 Å². The Balaban J connectivity index is 1.97. The van der Waals surface area contributed by atoms with Gasteiger partial charge < -0.3 is 10.0 Å². The molecule has 1 saturated heterocycles. The predicted octanol–water partition coefficient (Wildman–Crippen LogP) is 2.36. The van der Waals surface area contributed by atoms with Crippen molar-refractivity contribution < 1.29 is 9.90 Å². The third-order valence-corrected chi connectivity index (χ3v) is 4.05. The lowest BCUT2D eigenvalue weighted by atomic mass is 9.76. The normalized spacial score (nSPS) is 31.6. The molecule has 1 heterocycles. The van der Waals surface area contributed by atoms with Crippen molar-refractivity contribution in [1.82, 2.24) is 4.90 Å². The van der Waals surface area contributed by atoms with Crippen LogP contribution >= 0.6 is 0 Å². The van der Waals surface area contributed by atoms with Gasteiger partial charge in [0.15, 0.2) is 0 Å². The second kappa shape index (κ2) is 4.74. The Morgan fingerprint density at radius 2 is 2.25 bits per heavy atom. The number of carboxylic acids is 1. The van der Waals surface area contributed by atoms with Gasteiger partial charge in [0.1, 0.15) is 0 Å². The van der Waals surface area contributed by atoms with Crippen molar-refractivity contribution in [2.24, 2.45) is 11.3 Å². The largest absolute Gasteiger partial charge is 0.481 e. The van der Waals surface area contributed by atoms with Crippen LogP contribution in [0.4, 0.5) is 0 Å². The number of hydrogen-bond donors (Lipinski definition) is 1. The number of nitrogens with zero attached hydrogens (tertiary/aromatic N) is 1. The Hall–Kier alpha value is -0.570. The van der Waals surface area contributed by atoms with Crippen LogP contribution in [0.3, 0.4) is 0 Å². The van der Waals surface area contributed by atoms with Crippen LogP contribution in [0, 0.1) is 11.3 Å². The molecule has 3 heteroatoms. The summed E-state index contributed by atoms with van der Waals surface area (Å²) in [5.74, 6) is 0.293. The van der Waals surface area contributed by atoms with Crippen LogP contribution in [0.2, 0.25) is 0 Å². The molecule has 1 aliphatic carbocycles. The Bertz CT molecular complexity index is 259. The van der Waals surface area contributed by atoms with Gasteiger partial charge in [0.05, 0.1) is 5.41 Å². The average Bonchev–Trinajstić information content (AvgIpc) is 3.02. The summed E-state index contributed by atoms with van der Waals surface area (Å²) >= 11 is 0. The molecule has 1 saturated carbocycles. The monoisotopic (exact) mass is 225 g/mol. The first-order chi connectivity index (χ1) is 7.66. The van der Waals surface area contributed by atoms with Gasteiger partial charge >= 0.3 is 5.97 Å². The number of aliphatic carboxylic acids is 1. The van der Waals surface area contributed by atoms with Gasteiger partial charge in [-0.3, -0.25) is 4.79 Å². The molecule has 0 radical (unpaired) electrons. The molecule has 1 aliphatic heterocycles. The van der Waals surface area contributed by atoms with E-state index < -0.39 is 11.4 Å². The van der Waals surface area contributed by atoms with Gasteiger partial charge in [-0.05, 0) is 44.6 Å². The van der Waals surface area contributed by atoms with Crippen LogP contribution in [-0.2, 0) is 4.79 Å². The number of carbonyl (C=O) groups is 1. The number of piperidine rings is 1. The number of carboxylic acid groups (broad SMARTS) is 1. The van der Waals surface area contributed by atoms with Gasteiger partial charge in [-0.25, -0.2) is 0 Å². The standard InChI is InChI=1S/C13H23NO2/c1-2-6-13(12(15)16)7-3-8-14(10-13)9-11-4-5-11/h11H,2-10H2,1H3,(H,15,16). The molecule has 0 aromatic heterocycles. The van der Waals surface area contributed by atoms with Crippen LogP contribution < -0.4 is 0 Å². The molecular formula is C13H23NO2. The topological polar surface area (TPSA) is 40.5 Å². The first-order valence-corrected chi connectivity index (χ1v) is 6.62. The molecule has 3 nitrogen and oxygen atoms in total. The summed E-state index contributed by atoms with van der Waals surface area (Å²) in [6.07, 6.45) is 6.44. The Morgan fingerprint density at radius 1 is 1.50 bits per heavy atom. The van der Waals surface area contributed by atoms with E-state index in [1.165, 1.54) is 12.8 Å². The first-order valence-electron chi connectivity index (χ1n) is 6.62. The highest BCUT2D eigenvalue weighted by Crippen LogP contribution is 2.37. The van der Waals surface area contributed by atoms with E-state index in [1.54, 1.807) is 0 Å². The minimum Gasteiger partial charge on any atom is -0.481 e. The fourth-order valence-corrected chi connectivity index (χ4v) is 3.01. The highest BCUT2D eigenvalue weighted by atomic mass is 16.4. The number of likely N-dealkylation sites (tertiary alicyclic amines) is 1. The smallest absolute Gasteiger partial charge is 0.310 e. The molecule has 2 fully saturated rings. The van der Waals surface area contributed by atoms with Crippen LogP contribution in [-0.4, -0.2) is 35.6 Å². The first kappa shape index (κ1) is 11.9. The van der Waals surface area contributed by atoms with E-state index in [0.717, 1.165) is 51.2 Å². The van der Waals surface area contributed by atoms with Crippen molar-refractivity contribution >= 4 is 5.97 Å². The second-order valence-electron chi connectivity index (χ2n) is 5.62. The fraction of sp³-hybridized carbons (Fsp3) is 0.923. The zero-order chi connectivity index (χ0) is 11.6. The predicted molar refractivity (Wildman–Crippen MR) is 63.4 cm³/mol. The summed E-state index contributed by atoms with van der Waals surface area (Å²) in [4.78, 5) is 13.9. The van der Waals surface area contributed by atoms with Crippen molar-refractivity contribution in [2.45, 2.75) is 45.4 Å². The van der Waals surface area contributed by atoms with Gasteiger partial charge in [0.2, 0.25) is 0 Å². The molecule has 1 atom stereocenters. The summed E-state index contributed by atoms with van der Waals surface area (Å²) in [7, 11) is 0. The highest BCUT2D eigenvalue weighted by Gasteiger charge is 2.42. The molecule has 0 spiro atoms. The molecule has 0 bridgehead atoms. The number of rotatable bonds is 5. The maximum atomic E-state index is 11.5. The molecule has 2 aliphatic rings. The van der Waals surface area contributed by atoms with E-state index in [1.807, 2.05) is 0 Å². The summed E-state index contributed by atoms with van der Waals surface area (Å²) in [5, 5.41) is 9.46. The second-order valence-corrected chi connectivity index (χ2v) is 5.62. The van der Waals surface area contributed by atoms with Crippen molar-refractivity contribution in [2.75, 3.05) is 19.6 Å². The van der Waals surface area contributed by atoms with Gasteiger partial charge in [-0.2, -0.15) is 0 Å². The summed E-state index contributed by atoms with van der Waals surface area (Å²) in [5.41, 5.74) is -0.443. The SMILES string of the molecule is CCCC1(C(=O)O)CCCN(CC2CC2)C1. The van der Waals surface area contributed by atoms with E-state index in [9.17, 15) is 9.90 Å². The molecule has 0 aromatic rings. The molecule has 2 rings (SSSR count). The van der Waals surface area contributed by atoms with E-state index in [0.29, 0.717) is 0 Å². The van der Waals surface area contributed by atoms with E-state index in [-0.39, 0.29) is 0 Å². The third kappa shape index (κ3) is 2.57. The number of hydrogen-bond acceptors (Lipinski definition) is 2. The molecule has 0 amide bonds. The molecule has 92 valence electrons.